The first-order valence-electron chi connectivity index (χ1n) is 37.8. The molecule has 44 nitrogen and oxygen atoms in total. The Morgan fingerprint density at radius 2 is 0.941 bits per heavy atom. The molecule has 1 aliphatic carbocycles. The van der Waals surface area contributed by atoms with E-state index in [0.717, 1.165) is 0 Å². The van der Waals surface area contributed by atoms with E-state index in [2.05, 4.69) is 73.9 Å². The number of allylic oxidation sites excluding steroid dienone is 2. The Kier molecular flexibility index (Phi) is 45.8. The van der Waals surface area contributed by atoms with Crippen molar-refractivity contribution in [2.24, 2.45) is 84.0 Å². The van der Waals surface area contributed by atoms with Gasteiger partial charge >= 0.3 is 18.1 Å². The Hall–Kier alpha value is -12.2. The van der Waals surface area contributed by atoms with Crippen molar-refractivity contribution in [3.05, 3.63) is 59.4 Å². The standard InChI is InChI=1S/C69H113N25O17.C2HF3O2/c1-37(2)54(64(108)91-49(66(110)111)34-38-13-3-4-14-38)93-61(105)48(35-53(74)98)90-62(106)50(36-95)92-60(104)47(33-39-21-23-40(96)24-22-39)89-58(102)44(18-10-30-82-68(77)78)85-56(100)43(17-9-29-81-67(75)76)86-59(103)45(25-26-52(73)97)87-63(107)51-20-12-32-94(51)65(109)46(19-11-31-83-69(79)80)88-57(101)42(16-6-8-28-71)84-55(99)41(72)15-5-7-27-70;3-2(4,5)1(6)7/h3,13-14,21-24,37,41-51,54,95-96H,5-12,15-20,25-36,70-72H2,1-2H3,(H2,73,97)(H2,74,98)(H,84,99)(H,85,100)(H,86,103)(H,87,107)(H,88,101)(H,89,102)(H,90,106)(H,91,108)(H,92,104)(H,93,105)(H,110,111)(H4,75,76,81)(H4,77,78,82)(H4,79,80,83);(H,6,7)/t41-,42-,43-,44-,45-,46-,47-,48-,49-,50-,51-,54-;/m0./s1. The topological polar surface area (TPSA) is 784 Å². The molecule has 0 radical (unpaired) electrons. The minimum Gasteiger partial charge on any atom is -0.508 e. The Balaban J connectivity index is 0.00000642. The van der Waals surface area contributed by atoms with Crippen molar-refractivity contribution in [1.29, 1.82) is 0 Å². The highest BCUT2D eigenvalue weighted by Gasteiger charge is 2.42. The largest absolute Gasteiger partial charge is 0.508 e. The van der Waals surface area contributed by atoms with Crippen LogP contribution >= 0.6 is 0 Å². The molecule has 2 aliphatic rings. The van der Waals surface area contributed by atoms with Gasteiger partial charge in [-0.2, -0.15) is 13.2 Å². The number of guanidine groups is 3. The van der Waals surface area contributed by atoms with Crippen molar-refractivity contribution in [3.8, 4) is 5.75 Å². The maximum Gasteiger partial charge on any atom is 0.490 e. The van der Waals surface area contributed by atoms with Gasteiger partial charge in [-0.3, -0.25) is 77.3 Å². The van der Waals surface area contributed by atoms with Gasteiger partial charge in [-0.25, -0.2) is 9.59 Å². The number of carbonyl (C=O) groups is 15. The number of aliphatic hydroxyl groups is 1. The number of rotatable bonds is 53. The predicted octanol–water partition coefficient (Wildman–Crippen LogP) is -7.93. The van der Waals surface area contributed by atoms with Gasteiger partial charge in [0.15, 0.2) is 17.9 Å². The molecule has 1 aliphatic heterocycles. The average Bonchev–Trinajstić information content (AvgIpc) is 1.67. The molecular weight excluding hydrogens is 1560 g/mol. The molecule has 0 unspecified atom stereocenters. The number of hydrogen-bond acceptors (Lipinski definition) is 23. The number of benzene rings is 1. The Morgan fingerprint density at radius 3 is 1.39 bits per heavy atom. The summed E-state index contributed by atoms with van der Waals surface area (Å²) >= 11 is 0. The fraction of sp³-hybridized carbons (Fsp3) is 0.592. The Labute approximate surface area is 677 Å². The number of nitrogens with two attached hydrogens (primary N) is 11. The molecule has 36 N–H and O–H groups in total. The number of alkyl halides is 3. The predicted molar refractivity (Wildman–Crippen MR) is 420 cm³/mol. The second kappa shape index (κ2) is 53.1. The number of carboxylic acids is 2. The van der Waals surface area contributed by atoms with Gasteiger partial charge in [0.2, 0.25) is 76.8 Å². The van der Waals surface area contributed by atoms with Crippen molar-refractivity contribution in [2.75, 3.05) is 45.9 Å². The molecule has 47 heteroatoms. The number of halogens is 3. The molecule has 1 heterocycles. The number of nitrogens with zero attached hydrogens (tertiary/aromatic N) is 4. The molecule has 0 aromatic heterocycles. The van der Waals surface area contributed by atoms with Crippen LogP contribution in [0.25, 0.3) is 0 Å². The number of aliphatic hydroxyl groups excluding tert-OH is 1. The number of aliphatic imine (C=N–C) groups is 3. The van der Waals surface area contributed by atoms with Crippen molar-refractivity contribution in [1.82, 2.24) is 58.1 Å². The maximum absolute atomic E-state index is 14.8. The van der Waals surface area contributed by atoms with Crippen LogP contribution in [0.2, 0.25) is 0 Å². The number of phenolic OH excluding ortho intramolecular Hbond substituents is 1. The molecule has 1 aromatic rings. The summed E-state index contributed by atoms with van der Waals surface area (Å²) in [4.78, 5) is 216. The summed E-state index contributed by atoms with van der Waals surface area (Å²) in [6, 6.07) is -13.0. The molecule has 0 saturated carbocycles. The number of carboxylic acid groups (broad SMARTS) is 2. The summed E-state index contributed by atoms with van der Waals surface area (Å²) in [6.45, 7) is 2.25. The van der Waals surface area contributed by atoms with Crippen molar-refractivity contribution in [3.63, 3.8) is 0 Å². The zero-order chi connectivity index (χ0) is 88.9. The number of nitrogens with one attached hydrogen (secondary N) is 10. The van der Waals surface area contributed by atoms with Gasteiger partial charge < -0.3 is 142 Å². The van der Waals surface area contributed by atoms with Crippen LogP contribution in [0.4, 0.5) is 13.2 Å². The Bertz CT molecular complexity index is 3770. The van der Waals surface area contributed by atoms with E-state index >= 15 is 0 Å². The SMILES string of the molecule is CC(C)[C@H](NC(=O)[C@H](CC(N)=O)NC(=O)[C@H](CO)NC(=O)[C@H](Cc1ccc(O)cc1)NC(=O)[C@H](CCCN=C(N)N)NC(=O)[C@H](CCCN=C(N)N)NC(=O)[C@H](CCC(N)=O)NC(=O)[C@@H]1CCCN1C(=O)[C@H](CCCN=C(N)N)NC(=O)[C@H](CCCCN)NC(=O)[C@@H](N)CCCCN)C(=O)N[C@@H](CC1=CC=C=C1)C(=O)O.O=C(O)C(F)(F)F. The van der Waals surface area contributed by atoms with Gasteiger partial charge in [0, 0.05) is 45.4 Å². The number of aliphatic carboxylic acids is 2. The van der Waals surface area contributed by atoms with Crippen LogP contribution < -0.4 is 116 Å². The highest BCUT2D eigenvalue weighted by Crippen LogP contribution is 2.22. The summed E-state index contributed by atoms with van der Waals surface area (Å²) in [6.07, 6.45) is -0.773. The van der Waals surface area contributed by atoms with Crippen LogP contribution in [-0.4, -0.2) is 256 Å². The van der Waals surface area contributed by atoms with Crippen LogP contribution in [0.1, 0.15) is 135 Å². The smallest absolute Gasteiger partial charge is 0.490 e. The van der Waals surface area contributed by atoms with Crippen molar-refractivity contribution in [2.45, 2.75) is 215 Å². The molecule has 1 fully saturated rings. The Morgan fingerprint density at radius 1 is 0.517 bits per heavy atom. The second-order valence-corrected chi connectivity index (χ2v) is 27.8. The van der Waals surface area contributed by atoms with Gasteiger partial charge in [-0.15, -0.1) is 5.73 Å². The van der Waals surface area contributed by atoms with Crippen LogP contribution in [0.3, 0.4) is 0 Å². The molecule has 0 bridgehead atoms. The molecule has 13 amide bonds. The van der Waals surface area contributed by atoms with Crippen LogP contribution in [0.15, 0.2) is 68.8 Å². The zero-order valence-electron chi connectivity index (χ0n) is 65.6. The first-order chi connectivity index (χ1) is 55.5. The summed E-state index contributed by atoms with van der Waals surface area (Å²) in [5.41, 5.74) is 65.7. The van der Waals surface area contributed by atoms with Gasteiger partial charge in [0.05, 0.1) is 19.1 Å². The van der Waals surface area contributed by atoms with E-state index in [4.69, 9.17) is 73.0 Å². The summed E-state index contributed by atoms with van der Waals surface area (Å²) in [7, 11) is 0. The number of carbonyl (C=O) groups excluding carboxylic acids is 13. The number of amides is 13. The molecule has 0 spiro atoms. The zero-order valence-corrected chi connectivity index (χ0v) is 65.6. The maximum atomic E-state index is 14.8. The van der Waals surface area contributed by atoms with E-state index in [9.17, 15) is 95.6 Å². The summed E-state index contributed by atoms with van der Waals surface area (Å²) in [5, 5.41) is 62.8. The van der Waals surface area contributed by atoms with E-state index in [1.807, 2.05) is 0 Å². The molecule has 3 rings (SSSR count). The highest BCUT2D eigenvalue weighted by molar-refractivity contribution is 6.00. The van der Waals surface area contributed by atoms with Gasteiger partial charge in [-0.05, 0) is 144 Å². The summed E-state index contributed by atoms with van der Waals surface area (Å²) in [5.74, 6) is -18.9. The number of primary amides is 2. The fourth-order valence-corrected chi connectivity index (χ4v) is 11.6. The van der Waals surface area contributed by atoms with Gasteiger partial charge in [0.1, 0.15) is 72.2 Å². The summed E-state index contributed by atoms with van der Waals surface area (Å²) < 4.78 is 31.7. The monoisotopic (exact) mass is 1680 g/mol. The lowest BCUT2D eigenvalue weighted by atomic mass is 10.0. The van der Waals surface area contributed by atoms with E-state index in [1.54, 1.807) is 12.2 Å². The minimum absolute atomic E-state index is 0.0193. The van der Waals surface area contributed by atoms with Crippen LogP contribution in [-0.2, 0) is 78.3 Å². The number of hydrogen-bond donors (Lipinski definition) is 25. The average molecular weight is 1680 g/mol. The quantitative estimate of drug-likeness (QED) is 0.0125. The lowest BCUT2D eigenvalue weighted by Crippen LogP contribution is -2.61. The number of aromatic hydroxyl groups is 1. The van der Waals surface area contributed by atoms with E-state index < -0.39 is 206 Å². The highest BCUT2D eigenvalue weighted by atomic mass is 19.4. The van der Waals surface area contributed by atoms with E-state index in [-0.39, 0.29) is 133 Å². The molecular formula is C71H114F3N25O19. The lowest BCUT2D eigenvalue weighted by Gasteiger charge is -2.31. The molecule has 1 saturated heterocycles. The van der Waals surface area contributed by atoms with Gasteiger partial charge in [0.25, 0.3) is 0 Å². The first-order valence-corrected chi connectivity index (χ1v) is 37.8. The molecule has 118 heavy (non-hydrogen) atoms. The second-order valence-electron chi connectivity index (χ2n) is 27.8. The number of unbranched alkanes of at least 4 members (excludes halogenated alkanes) is 2. The van der Waals surface area contributed by atoms with Crippen LogP contribution in [0, 0.1) is 5.92 Å². The normalized spacial score (nSPS) is 15.5. The van der Waals surface area contributed by atoms with Crippen molar-refractivity contribution < 1.29 is 106 Å². The minimum atomic E-state index is -5.08. The molecule has 1 aromatic carbocycles. The third-order valence-corrected chi connectivity index (χ3v) is 17.8. The molecule has 12 atom stereocenters. The third-order valence-electron chi connectivity index (χ3n) is 17.8. The van der Waals surface area contributed by atoms with Crippen molar-refractivity contribution >= 4 is 107 Å². The van der Waals surface area contributed by atoms with Crippen LogP contribution in [0.5, 0.6) is 5.75 Å². The van der Waals surface area contributed by atoms with E-state index in [1.165, 1.54) is 49.1 Å². The number of phenols is 1. The van der Waals surface area contributed by atoms with E-state index in [0.29, 0.717) is 37.8 Å². The third kappa shape index (κ3) is 39.4. The molecule has 658 valence electrons. The fourth-order valence-electron chi connectivity index (χ4n) is 11.6. The lowest BCUT2D eigenvalue weighted by molar-refractivity contribution is -0.192. The number of likely N-dealkylation sites (tertiary alicyclic amines) is 1. The van der Waals surface area contributed by atoms with Gasteiger partial charge in [-0.1, -0.05) is 38.5 Å². The first kappa shape index (κ1) is 102.